The highest BCUT2D eigenvalue weighted by molar-refractivity contribution is 6.02. The van der Waals surface area contributed by atoms with Gasteiger partial charge >= 0.3 is 0 Å². The third kappa shape index (κ3) is 6.33. The predicted molar refractivity (Wildman–Crippen MR) is 161 cm³/mol. The van der Waals surface area contributed by atoms with Gasteiger partial charge in [-0.25, -0.2) is 9.67 Å². The van der Waals surface area contributed by atoms with Gasteiger partial charge in [0.25, 0.3) is 0 Å². The minimum absolute atomic E-state index is 0.317. The van der Waals surface area contributed by atoms with E-state index in [1.165, 1.54) is 6.08 Å². The molecular formula is C29H36N8O4. The lowest BCUT2D eigenvalue weighted by Gasteiger charge is -2.26. The van der Waals surface area contributed by atoms with Crippen molar-refractivity contribution in [2.24, 2.45) is 0 Å². The maximum Gasteiger partial charge on any atom is 0.247 e. The molecule has 2 aromatic heterocycles. The largest absolute Gasteiger partial charge is 0.494 e. The van der Waals surface area contributed by atoms with Crippen LogP contribution in [0.5, 0.6) is 17.2 Å². The van der Waals surface area contributed by atoms with E-state index in [1.807, 2.05) is 46.3 Å². The Morgan fingerprint density at radius 3 is 2.37 bits per heavy atom. The second kappa shape index (κ2) is 12.6. The molecule has 0 fully saturated rings. The van der Waals surface area contributed by atoms with E-state index < -0.39 is 0 Å². The maximum absolute atomic E-state index is 12.3. The van der Waals surface area contributed by atoms with Crippen molar-refractivity contribution >= 4 is 39.8 Å². The van der Waals surface area contributed by atoms with E-state index in [0.29, 0.717) is 40.4 Å². The first-order valence-electron chi connectivity index (χ1n) is 12.9. The zero-order valence-corrected chi connectivity index (χ0v) is 24.5. The van der Waals surface area contributed by atoms with Crippen molar-refractivity contribution in [1.29, 1.82) is 0 Å². The van der Waals surface area contributed by atoms with Crippen LogP contribution in [0.1, 0.15) is 5.69 Å². The standard InChI is InChI=1S/C29H36N8O4/c1-9-28(38)31-20-15-21(24(39-6)17-23(20)36(5)13-12-35(3)4)32-29-30-11-10-27(33-29)37-22-16-26(41-8)25(40-7)14-19(22)18(2)34-37/h9-11,14-17H,1,12-13H2,2-8H3,(H,31,38)(H,30,32,33). The van der Waals surface area contributed by atoms with Crippen molar-refractivity contribution in [2.45, 2.75) is 6.92 Å². The number of likely N-dealkylation sites (N-methyl/N-ethyl adjacent to an activating group) is 2. The Labute approximate surface area is 239 Å². The molecular weight excluding hydrogens is 524 g/mol. The van der Waals surface area contributed by atoms with Gasteiger partial charge < -0.3 is 34.6 Å². The van der Waals surface area contributed by atoms with E-state index >= 15 is 0 Å². The Kier molecular flexibility index (Phi) is 8.93. The summed E-state index contributed by atoms with van der Waals surface area (Å²) in [5, 5.41) is 11.8. The molecule has 4 rings (SSSR count). The van der Waals surface area contributed by atoms with Crippen LogP contribution in [0.2, 0.25) is 0 Å². The van der Waals surface area contributed by atoms with Crippen LogP contribution in [0.3, 0.4) is 0 Å². The third-order valence-corrected chi connectivity index (χ3v) is 6.53. The van der Waals surface area contributed by atoms with E-state index in [1.54, 1.807) is 44.3 Å². The Morgan fingerprint density at radius 2 is 1.71 bits per heavy atom. The lowest BCUT2D eigenvalue weighted by molar-refractivity contribution is -0.111. The number of benzene rings is 2. The number of nitrogens with one attached hydrogen (secondary N) is 2. The molecule has 0 atom stereocenters. The molecule has 0 radical (unpaired) electrons. The van der Waals surface area contributed by atoms with Crippen molar-refractivity contribution in [2.75, 3.05) is 71.1 Å². The quantitative estimate of drug-likeness (QED) is 0.246. The predicted octanol–water partition coefficient (Wildman–Crippen LogP) is 4.02. The fourth-order valence-corrected chi connectivity index (χ4v) is 4.32. The maximum atomic E-state index is 12.3. The van der Waals surface area contributed by atoms with Crippen LogP contribution in [-0.4, -0.2) is 86.1 Å². The number of carbonyl (C=O) groups excluding carboxylic acids is 1. The summed E-state index contributed by atoms with van der Waals surface area (Å²) < 4.78 is 18.4. The summed E-state index contributed by atoms with van der Waals surface area (Å²) >= 11 is 0. The van der Waals surface area contributed by atoms with Crippen LogP contribution in [0.15, 0.2) is 49.2 Å². The van der Waals surface area contributed by atoms with Gasteiger partial charge in [0.05, 0.1) is 49.6 Å². The van der Waals surface area contributed by atoms with E-state index in [-0.39, 0.29) is 5.91 Å². The topological polar surface area (TPSA) is 119 Å². The van der Waals surface area contributed by atoms with Crippen LogP contribution in [-0.2, 0) is 4.79 Å². The second-order valence-electron chi connectivity index (χ2n) is 9.57. The number of anilines is 4. The average Bonchev–Trinajstić information content (AvgIpc) is 3.30. The highest BCUT2D eigenvalue weighted by atomic mass is 16.5. The number of ether oxygens (including phenoxy) is 3. The van der Waals surface area contributed by atoms with Crippen LogP contribution in [0, 0.1) is 6.92 Å². The smallest absolute Gasteiger partial charge is 0.247 e. The fraction of sp³-hybridized carbons (Fsp3) is 0.310. The summed E-state index contributed by atoms with van der Waals surface area (Å²) in [5.74, 6) is 2.30. The van der Waals surface area contributed by atoms with Crippen molar-refractivity contribution in [3.8, 4) is 23.1 Å². The Hall–Kier alpha value is -4.84. The Balaban J connectivity index is 1.73. The van der Waals surface area contributed by atoms with Crippen molar-refractivity contribution < 1.29 is 19.0 Å². The van der Waals surface area contributed by atoms with Gasteiger partial charge in [0, 0.05) is 49.9 Å². The fourth-order valence-electron chi connectivity index (χ4n) is 4.32. The van der Waals surface area contributed by atoms with Gasteiger partial charge in [-0.3, -0.25) is 4.79 Å². The minimum Gasteiger partial charge on any atom is -0.494 e. The summed E-state index contributed by atoms with van der Waals surface area (Å²) in [6, 6.07) is 9.19. The molecule has 0 spiro atoms. The summed E-state index contributed by atoms with van der Waals surface area (Å²) in [7, 11) is 10.8. The number of hydrogen-bond donors (Lipinski definition) is 2. The molecule has 2 heterocycles. The number of fused-ring (bicyclic) bond motifs is 1. The number of hydrogen-bond acceptors (Lipinski definition) is 10. The SMILES string of the molecule is C=CC(=O)Nc1cc(Nc2nccc(-n3nc(C)c4cc(OC)c(OC)cc43)n2)c(OC)cc1N(C)CCN(C)C. The average molecular weight is 561 g/mol. The monoisotopic (exact) mass is 560 g/mol. The lowest BCUT2D eigenvalue weighted by Crippen LogP contribution is -2.29. The highest BCUT2D eigenvalue weighted by Gasteiger charge is 2.18. The Bertz CT molecular complexity index is 1570. The number of methoxy groups -OCH3 is 3. The first-order chi connectivity index (χ1) is 19.7. The van der Waals surface area contributed by atoms with Gasteiger partial charge in [0.15, 0.2) is 17.3 Å². The first kappa shape index (κ1) is 29.2. The molecule has 4 aromatic rings. The van der Waals surface area contributed by atoms with Gasteiger partial charge in [-0.2, -0.15) is 10.1 Å². The Morgan fingerprint density at radius 1 is 1.00 bits per heavy atom. The van der Waals surface area contributed by atoms with Gasteiger partial charge in [-0.1, -0.05) is 6.58 Å². The van der Waals surface area contributed by atoms with Gasteiger partial charge in [-0.15, -0.1) is 0 Å². The minimum atomic E-state index is -0.324. The molecule has 0 aliphatic carbocycles. The molecule has 0 saturated carbocycles. The molecule has 41 heavy (non-hydrogen) atoms. The summed E-state index contributed by atoms with van der Waals surface area (Å²) in [5.41, 5.74) is 3.57. The van der Waals surface area contributed by atoms with E-state index in [4.69, 9.17) is 24.3 Å². The molecule has 0 aliphatic heterocycles. The molecule has 0 saturated heterocycles. The number of aromatic nitrogens is 4. The zero-order chi connectivity index (χ0) is 29.7. The molecule has 12 nitrogen and oxygen atoms in total. The summed E-state index contributed by atoms with van der Waals surface area (Å²) in [6.07, 6.45) is 2.87. The second-order valence-corrected chi connectivity index (χ2v) is 9.57. The number of aryl methyl sites for hydroxylation is 1. The van der Waals surface area contributed by atoms with Crippen molar-refractivity contribution in [1.82, 2.24) is 24.6 Å². The number of rotatable bonds is 12. The molecule has 2 N–H and O–H groups in total. The highest BCUT2D eigenvalue weighted by Crippen LogP contribution is 2.38. The van der Waals surface area contributed by atoms with E-state index in [9.17, 15) is 4.79 Å². The van der Waals surface area contributed by atoms with Gasteiger partial charge in [0.1, 0.15) is 5.75 Å². The van der Waals surface area contributed by atoms with Crippen LogP contribution in [0.4, 0.5) is 23.0 Å². The van der Waals surface area contributed by atoms with Gasteiger partial charge in [0.2, 0.25) is 11.9 Å². The van der Waals surface area contributed by atoms with Crippen LogP contribution >= 0.6 is 0 Å². The van der Waals surface area contributed by atoms with Crippen molar-refractivity contribution in [3.63, 3.8) is 0 Å². The molecule has 2 aromatic carbocycles. The normalized spacial score (nSPS) is 10.9. The molecule has 0 aliphatic rings. The molecule has 216 valence electrons. The number of amides is 1. The molecule has 0 bridgehead atoms. The lowest BCUT2D eigenvalue weighted by atomic mass is 10.2. The van der Waals surface area contributed by atoms with E-state index in [2.05, 4.69) is 32.0 Å². The summed E-state index contributed by atoms with van der Waals surface area (Å²) in [6.45, 7) is 7.07. The number of carbonyl (C=O) groups is 1. The zero-order valence-electron chi connectivity index (χ0n) is 24.5. The molecule has 1 amide bonds. The first-order valence-corrected chi connectivity index (χ1v) is 12.9. The van der Waals surface area contributed by atoms with Gasteiger partial charge in [-0.05, 0) is 39.2 Å². The van der Waals surface area contributed by atoms with Crippen molar-refractivity contribution in [3.05, 3.63) is 54.9 Å². The van der Waals surface area contributed by atoms with Crippen LogP contribution < -0.4 is 29.7 Å². The molecule has 0 unspecified atom stereocenters. The summed E-state index contributed by atoms with van der Waals surface area (Å²) in [4.78, 5) is 25.6. The van der Waals surface area contributed by atoms with Crippen LogP contribution in [0.25, 0.3) is 16.7 Å². The number of nitrogens with zero attached hydrogens (tertiary/aromatic N) is 6. The third-order valence-electron chi connectivity index (χ3n) is 6.53. The van der Waals surface area contributed by atoms with E-state index in [0.717, 1.165) is 35.4 Å². The molecule has 12 heteroatoms.